The van der Waals surface area contributed by atoms with E-state index in [4.69, 9.17) is 9.47 Å². The van der Waals surface area contributed by atoms with Crippen LogP contribution in [0.3, 0.4) is 0 Å². The Morgan fingerprint density at radius 2 is 1.82 bits per heavy atom. The van der Waals surface area contributed by atoms with E-state index in [9.17, 15) is 23.1 Å². The van der Waals surface area contributed by atoms with E-state index in [1.54, 1.807) is 38.1 Å². The van der Waals surface area contributed by atoms with E-state index in [2.05, 4.69) is 40.8 Å². The maximum Gasteiger partial charge on any atom is 0.407 e. The number of aliphatic hydroxyl groups excluding tert-OH is 1. The average molecular weight is 694 g/mol. The van der Waals surface area contributed by atoms with Gasteiger partial charge in [-0.2, -0.15) is 4.98 Å². The van der Waals surface area contributed by atoms with Crippen molar-refractivity contribution in [1.29, 1.82) is 0 Å². The fourth-order valence-corrected chi connectivity index (χ4v) is 7.68. The molecule has 1 aromatic heterocycles. The van der Waals surface area contributed by atoms with E-state index in [1.807, 2.05) is 24.0 Å². The normalized spacial score (nSPS) is 21.0. The molecule has 49 heavy (non-hydrogen) atoms. The predicted molar refractivity (Wildman–Crippen MR) is 186 cm³/mol. The first-order chi connectivity index (χ1) is 23.1. The van der Waals surface area contributed by atoms with Gasteiger partial charge in [-0.3, -0.25) is 4.79 Å². The van der Waals surface area contributed by atoms with E-state index >= 15 is 0 Å². The monoisotopic (exact) mass is 693 g/mol. The van der Waals surface area contributed by atoms with Crippen LogP contribution in [0.5, 0.6) is 5.88 Å². The molecule has 1 atom stereocenters. The summed E-state index contributed by atoms with van der Waals surface area (Å²) in [6, 6.07) is 12.4. The minimum atomic E-state index is -4.22. The lowest BCUT2D eigenvalue weighted by Gasteiger charge is -2.43. The molecule has 2 aliphatic rings. The van der Waals surface area contributed by atoms with Crippen molar-refractivity contribution in [2.24, 2.45) is 5.41 Å². The number of carbonyl (C=O) groups is 2. The summed E-state index contributed by atoms with van der Waals surface area (Å²) in [5, 5.41) is 13.1. The van der Waals surface area contributed by atoms with Crippen molar-refractivity contribution in [3.05, 3.63) is 65.2 Å². The minimum Gasteiger partial charge on any atom is -0.475 e. The smallest absolute Gasteiger partial charge is 0.407 e. The second kappa shape index (κ2) is 14.7. The van der Waals surface area contributed by atoms with Crippen molar-refractivity contribution in [2.75, 3.05) is 11.3 Å². The van der Waals surface area contributed by atoms with Crippen molar-refractivity contribution >= 4 is 28.0 Å². The fourth-order valence-electron chi connectivity index (χ4n) is 6.69. The van der Waals surface area contributed by atoms with Crippen LogP contribution < -0.4 is 14.8 Å². The number of benzene rings is 2. The molecule has 1 saturated carbocycles. The summed E-state index contributed by atoms with van der Waals surface area (Å²) in [5.74, 6) is -0.360. The number of rotatable bonds is 6. The molecule has 13 heteroatoms. The van der Waals surface area contributed by atoms with Crippen LogP contribution >= 0.6 is 0 Å². The molecule has 2 aromatic carbocycles. The van der Waals surface area contributed by atoms with Crippen LogP contribution in [0.4, 0.5) is 10.7 Å². The number of alkyl carbamates (subject to hydrolysis) is 1. The van der Waals surface area contributed by atoms with E-state index in [-0.39, 0.29) is 65.0 Å². The quantitative estimate of drug-likeness (QED) is 0.289. The topological polar surface area (TPSA) is 160 Å². The number of carbonyl (C=O) groups excluding carboxylic acids is 2. The van der Waals surface area contributed by atoms with Crippen LogP contribution in [0.2, 0.25) is 0 Å². The Hall–Kier alpha value is -4.23. The van der Waals surface area contributed by atoms with Crippen molar-refractivity contribution in [1.82, 2.24) is 20.2 Å². The van der Waals surface area contributed by atoms with Gasteiger partial charge in [0.1, 0.15) is 6.61 Å². The van der Waals surface area contributed by atoms with Gasteiger partial charge >= 0.3 is 6.09 Å². The third-order valence-corrected chi connectivity index (χ3v) is 10.1. The number of amides is 2. The Kier molecular flexibility index (Phi) is 10.8. The highest BCUT2D eigenvalue weighted by Gasteiger charge is 2.37. The molecule has 264 valence electrons. The molecular formula is C36H47N5O7S. The number of nitrogens with zero attached hydrogens (tertiary/aromatic N) is 3. The lowest BCUT2D eigenvalue weighted by molar-refractivity contribution is 0.0302. The maximum atomic E-state index is 14.5. The molecule has 2 amide bonds. The first-order valence-corrected chi connectivity index (χ1v) is 18.3. The Morgan fingerprint density at radius 1 is 1.10 bits per heavy atom. The van der Waals surface area contributed by atoms with Gasteiger partial charge in [0.25, 0.3) is 15.9 Å². The van der Waals surface area contributed by atoms with Gasteiger partial charge in [0.15, 0.2) is 0 Å². The summed E-state index contributed by atoms with van der Waals surface area (Å²) in [5.41, 5.74) is 2.52. The molecule has 2 heterocycles. The van der Waals surface area contributed by atoms with Crippen molar-refractivity contribution < 1.29 is 32.6 Å². The van der Waals surface area contributed by atoms with Crippen LogP contribution in [0.25, 0.3) is 11.3 Å². The number of hydrogen-bond donors (Lipinski definition) is 3. The second-order valence-corrected chi connectivity index (χ2v) is 16.0. The van der Waals surface area contributed by atoms with Crippen LogP contribution in [0.1, 0.15) is 88.2 Å². The molecule has 0 unspecified atom stereocenters. The van der Waals surface area contributed by atoms with Crippen molar-refractivity contribution in [3.63, 3.8) is 0 Å². The molecule has 12 nitrogen and oxygen atoms in total. The minimum absolute atomic E-state index is 0.0882. The SMILES string of the molecule is Cc1cccc(CO)c1-c1cc2nc(n1)NS(=O)(=O)c1cccc(c1)C(=O)N(C1CCC(NC(=O)OC(C)C)CC1)[C@H](CC(C)(C)C)CO2. The first-order valence-electron chi connectivity index (χ1n) is 16.8. The largest absolute Gasteiger partial charge is 0.475 e. The number of fused-ring (bicyclic) bond motifs is 4. The summed E-state index contributed by atoms with van der Waals surface area (Å²) >= 11 is 0. The number of hydrogen-bond acceptors (Lipinski definition) is 9. The number of ether oxygens (including phenoxy) is 2. The first kappa shape index (κ1) is 36.1. The van der Waals surface area contributed by atoms with Gasteiger partial charge in [0.2, 0.25) is 11.8 Å². The van der Waals surface area contributed by atoms with Crippen LogP contribution in [0, 0.1) is 12.3 Å². The number of nitrogens with one attached hydrogen (secondary N) is 2. The van der Waals surface area contributed by atoms with Gasteiger partial charge in [-0.25, -0.2) is 22.9 Å². The van der Waals surface area contributed by atoms with Gasteiger partial charge < -0.3 is 24.8 Å². The molecule has 1 aliphatic heterocycles. The molecule has 4 bridgehead atoms. The van der Waals surface area contributed by atoms with E-state index in [1.165, 1.54) is 12.1 Å². The van der Waals surface area contributed by atoms with Gasteiger partial charge in [0, 0.05) is 29.3 Å². The predicted octanol–water partition coefficient (Wildman–Crippen LogP) is 5.83. The van der Waals surface area contributed by atoms with Gasteiger partial charge in [-0.1, -0.05) is 45.0 Å². The zero-order valence-corrected chi connectivity index (χ0v) is 29.8. The summed E-state index contributed by atoms with van der Waals surface area (Å²) in [4.78, 5) is 37.6. The van der Waals surface area contributed by atoms with E-state index in [0.717, 1.165) is 5.56 Å². The highest BCUT2D eigenvalue weighted by atomic mass is 32.2. The zero-order chi connectivity index (χ0) is 35.5. The molecular weight excluding hydrogens is 646 g/mol. The highest BCUT2D eigenvalue weighted by Crippen LogP contribution is 2.34. The number of aryl methyl sites for hydroxylation is 1. The number of aliphatic hydroxyl groups is 1. The Morgan fingerprint density at radius 3 is 2.49 bits per heavy atom. The third kappa shape index (κ3) is 8.87. The summed E-state index contributed by atoms with van der Waals surface area (Å²) in [6.45, 7) is 11.6. The molecule has 3 aromatic rings. The maximum absolute atomic E-state index is 14.5. The van der Waals surface area contributed by atoms with Crippen LogP contribution in [0.15, 0.2) is 53.4 Å². The summed E-state index contributed by atoms with van der Waals surface area (Å²) in [7, 11) is -4.22. The van der Waals surface area contributed by atoms with Crippen LogP contribution in [-0.4, -0.2) is 71.2 Å². The van der Waals surface area contributed by atoms with Crippen molar-refractivity contribution in [3.8, 4) is 17.1 Å². The molecule has 1 aliphatic carbocycles. The average Bonchev–Trinajstić information content (AvgIpc) is 3.02. The number of anilines is 1. The highest BCUT2D eigenvalue weighted by molar-refractivity contribution is 7.92. The molecule has 3 N–H and O–H groups in total. The second-order valence-electron chi connectivity index (χ2n) is 14.4. The molecule has 0 radical (unpaired) electrons. The van der Waals surface area contributed by atoms with Crippen molar-refractivity contribution in [2.45, 2.75) is 109 Å². The Labute approximate surface area is 288 Å². The van der Waals surface area contributed by atoms with Crippen LogP contribution in [-0.2, 0) is 21.4 Å². The van der Waals surface area contributed by atoms with E-state index < -0.39 is 22.2 Å². The number of sulfonamides is 1. The molecule has 0 saturated heterocycles. The van der Waals surface area contributed by atoms with Gasteiger partial charge in [0.05, 0.1) is 29.3 Å². The standard InChI is InChI=1S/C36H47N5O7S/c1-22(2)48-35(44)37-26-13-15-27(16-14-26)41-28(19-36(4,5)6)21-47-31-18-30(32-23(3)9-7-11-25(32)20-42)38-34(39-31)40-49(45,46)29-12-8-10-24(17-29)33(41)43/h7-12,17-18,22,26-28,42H,13-16,19-21H2,1-6H3,(H,37,44)(H,38,39,40)/t26?,27?,28-/m1/s1. The molecule has 5 rings (SSSR count). The molecule has 0 spiro atoms. The lowest BCUT2D eigenvalue weighted by atomic mass is 9.84. The summed E-state index contributed by atoms with van der Waals surface area (Å²) in [6.07, 6.45) is 2.43. The van der Waals surface area contributed by atoms with Gasteiger partial charge in [-0.05, 0) is 87.6 Å². The zero-order valence-electron chi connectivity index (χ0n) is 29.0. The van der Waals surface area contributed by atoms with Gasteiger partial charge in [-0.15, -0.1) is 0 Å². The Balaban J connectivity index is 1.58. The van der Waals surface area contributed by atoms with E-state index in [0.29, 0.717) is 48.9 Å². The Bertz CT molecular complexity index is 1780. The molecule has 1 fully saturated rings. The lowest BCUT2D eigenvalue weighted by Crippen LogP contribution is -2.53. The number of aromatic nitrogens is 2. The third-order valence-electron chi connectivity index (χ3n) is 8.76. The fraction of sp³-hybridized carbons (Fsp3) is 0.500. The summed E-state index contributed by atoms with van der Waals surface area (Å²) < 4.78 is 41.6.